The van der Waals surface area contributed by atoms with Gasteiger partial charge in [-0.05, 0) is 23.8 Å². The lowest BCUT2D eigenvalue weighted by Gasteiger charge is -2.34. The van der Waals surface area contributed by atoms with E-state index in [0.29, 0.717) is 23.6 Å². The molecule has 1 fully saturated rings. The SMILES string of the molecule is COc1ccc(C(=O)CN2CCN(Cc3ccccc3)CC2)cc1OC. The van der Waals surface area contributed by atoms with Crippen LogP contribution in [0.5, 0.6) is 11.5 Å². The lowest BCUT2D eigenvalue weighted by molar-refractivity contribution is 0.0843. The van der Waals surface area contributed by atoms with Gasteiger partial charge in [-0.2, -0.15) is 0 Å². The fourth-order valence-corrected chi connectivity index (χ4v) is 3.25. The summed E-state index contributed by atoms with van der Waals surface area (Å²) in [5.41, 5.74) is 2.00. The molecule has 5 nitrogen and oxygen atoms in total. The van der Waals surface area contributed by atoms with E-state index in [-0.39, 0.29) is 5.78 Å². The number of Topliss-reactive ketones (excluding diaryl/α,β-unsaturated/α-hetero) is 1. The number of ether oxygens (including phenoxy) is 2. The van der Waals surface area contributed by atoms with E-state index in [1.165, 1.54) is 5.56 Å². The summed E-state index contributed by atoms with van der Waals surface area (Å²) < 4.78 is 10.5. The number of carbonyl (C=O) groups is 1. The lowest BCUT2D eigenvalue weighted by atomic mass is 10.1. The van der Waals surface area contributed by atoms with Crippen molar-refractivity contribution in [1.29, 1.82) is 0 Å². The van der Waals surface area contributed by atoms with Crippen molar-refractivity contribution in [2.75, 3.05) is 46.9 Å². The van der Waals surface area contributed by atoms with E-state index in [1.54, 1.807) is 32.4 Å². The van der Waals surface area contributed by atoms with Crippen molar-refractivity contribution in [3.8, 4) is 11.5 Å². The van der Waals surface area contributed by atoms with Crippen molar-refractivity contribution >= 4 is 5.78 Å². The molecule has 0 radical (unpaired) electrons. The standard InChI is InChI=1S/C21H26N2O3/c1-25-20-9-8-18(14-21(20)26-2)19(24)16-23-12-10-22(11-13-23)15-17-6-4-3-5-7-17/h3-9,14H,10-13,15-16H2,1-2H3. The average molecular weight is 354 g/mol. The number of hydrogen-bond donors (Lipinski definition) is 0. The Morgan fingerprint density at radius 2 is 1.54 bits per heavy atom. The van der Waals surface area contributed by atoms with Gasteiger partial charge in [-0.1, -0.05) is 30.3 Å². The minimum absolute atomic E-state index is 0.113. The zero-order valence-electron chi connectivity index (χ0n) is 15.5. The Hall–Kier alpha value is -2.37. The second-order valence-corrected chi connectivity index (χ2v) is 6.53. The Kier molecular flexibility index (Phi) is 6.26. The number of methoxy groups -OCH3 is 2. The third-order valence-corrected chi connectivity index (χ3v) is 4.79. The summed E-state index contributed by atoms with van der Waals surface area (Å²) in [7, 11) is 3.17. The van der Waals surface area contributed by atoms with Crippen LogP contribution in [0, 0.1) is 0 Å². The predicted molar refractivity (Wildman–Crippen MR) is 102 cm³/mol. The number of hydrogen-bond acceptors (Lipinski definition) is 5. The van der Waals surface area contributed by atoms with Gasteiger partial charge in [0.15, 0.2) is 17.3 Å². The molecule has 0 bridgehead atoms. The monoisotopic (exact) mass is 354 g/mol. The van der Waals surface area contributed by atoms with Crippen molar-refractivity contribution < 1.29 is 14.3 Å². The number of carbonyl (C=O) groups excluding carboxylic acids is 1. The molecule has 0 saturated carbocycles. The van der Waals surface area contributed by atoms with Gasteiger partial charge >= 0.3 is 0 Å². The molecule has 138 valence electrons. The van der Waals surface area contributed by atoms with Gasteiger partial charge in [0.1, 0.15) is 0 Å². The second kappa shape index (κ2) is 8.83. The molecule has 1 aliphatic heterocycles. The van der Waals surface area contributed by atoms with Gasteiger partial charge in [-0.3, -0.25) is 14.6 Å². The van der Waals surface area contributed by atoms with E-state index in [0.717, 1.165) is 32.7 Å². The van der Waals surface area contributed by atoms with E-state index >= 15 is 0 Å². The third kappa shape index (κ3) is 4.62. The molecular formula is C21H26N2O3. The minimum atomic E-state index is 0.113. The fraction of sp³-hybridized carbons (Fsp3) is 0.381. The lowest BCUT2D eigenvalue weighted by Crippen LogP contribution is -2.47. The van der Waals surface area contributed by atoms with E-state index in [2.05, 4.69) is 34.1 Å². The summed E-state index contributed by atoms with van der Waals surface area (Å²) in [6.45, 7) is 5.19. The second-order valence-electron chi connectivity index (χ2n) is 6.53. The molecule has 1 saturated heterocycles. The summed E-state index contributed by atoms with van der Waals surface area (Å²) in [6, 6.07) is 15.9. The number of nitrogens with zero attached hydrogens (tertiary/aromatic N) is 2. The molecule has 0 aliphatic carbocycles. The number of piperazine rings is 1. The first kappa shape index (κ1) is 18.4. The molecule has 0 aromatic heterocycles. The highest BCUT2D eigenvalue weighted by Gasteiger charge is 2.20. The topological polar surface area (TPSA) is 42.0 Å². The van der Waals surface area contributed by atoms with Crippen molar-refractivity contribution in [3.05, 3.63) is 59.7 Å². The molecule has 1 aliphatic rings. The summed E-state index contributed by atoms with van der Waals surface area (Å²) in [5, 5.41) is 0. The Morgan fingerprint density at radius 3 is 2.19 bits per heavy atom. The van der Waals surface area contributed by atoms with Crippen molar-refractivity contribution in [2.24, 2.45) is 0 Å². The van der Waals surface area contributed by atoms with Crippen LogP contribution in [-0.2, 0) is 6.54 Å². The largest absolute Gasteiger partial charge is 0.493 e. The number of benzene rings is 2. The average Bonchev–Trinajstić information content (AvgIpc) is 2.69. The third-order valence-electron chi connectivity index (χ3n) is 4.79. The van der Waals surface area contributed by atoms with Crippen molar-refractivity contribution in [2.45, 2.75) is 6.54 Å². The highest BCUT2D eigenvalue weighted by molar-refractivity contribution is 5.98. The maximum atomic E-state index is 12.6. The van der Waals surface area contributed by atoms with Crippen molar-refractivity contribution in [1.82, 2.24) is 9.80 Å². The number of ketones is 1. The smallest absolute Gasteiger partial charge is 0.176 e. The first-order chi connectivity index (χ1) is 12.7. The summed E-state index contributed by atoms with van der Waals surface area (Å²) in [5.74, 6) is 1.34. The first-order valence-corrected chi connectivity index (χ1v) is 8.93. The Labute approximate surface area is 155 Å². The molecule has 0 unspecified atom stereocenters. The zero-order chi connectivity index (χ0) is 18.4. The Morgan fingerprint density at radius 1 is 0.885 bits per heavy atom. The molecule has 0 N–H and O–H groups in total. The zero-order valence-corrected chi connectivity index (χ0v) is 15.5. The highest BCUT2D eigenvalue weighted by atomic mass is 16.5. The molecule has 0 spiro atoms. The molecule has 5 heteroatoms. The maximum Gasteiger partial charge on any atom is 0.176 e. The van der Waals surface area contributed by atoms with Gasteiger partial charge in [0.25, 0.3) is 0 Å². The van der Waals surface area contributed by atoms with Gasteiger partial charge in [0.2, 0.25) is 0 Å². The fourth-order valence-electron chi connectivity index (χ4n) is 3.25. The molecule has 2 aromatic carbocycles. The molecule has 26 heavy (non-hydrogen) atoms. The first-order valence-electron chi connectivity index (χ1n) is 8.93. The van der Waals surface area contributed by atoms with Crippen molar-refractivity contribution in [3.63, 3.8) is 0 Å². The van der Waals surface area contributed by atoms with E-state index in [4.69, 9.17) is 9.47 Å². The van der Waals surface area contributed by atoms with Gasteiger partial charge < -0.3 is 9.47 Å². The van der Waals surface area contributed by atoms with Crippen LogP contribution in [0.1, 0.15) is 15.9 Å². The summed E-state index contributed by atoms with van der Waals surface area (Å²) >= 11 is 0. The van der Waals surface area contributed by atoms with Crippen LogP contribution in [0.4, 0.5) is 0 Å². The van der Waals surface area contributed by atoms with Gasteiger partial charge in [0.05, 0.1) is 20.8 Å². The molecule has 3 rings (SSSR count). The Bertz CT molecular complexity index is 725. The van der Waals surface area contributed by atoms with Crippen LogP contribution in [0.25, 0.3) is 0 Å². The summed E-state index contributed by atoms with van der Waals surface area (Å²) in [6.07, 6.45) is 0. The van der Waals surface area contributed by atoms with Crippen LogP contribution in [0.15, 0.2) is 48.5 Å². The van der Waals surface area contributed by atoms with E-state index in [1.807, 2.05) is 6.07 Å². The minimum Gasteiger partial charge on any atom is -0.493 e. The Balaban J connectivity index is 1.52. The van der Waals surface area contributed by atoms with Crippen LogP contribution < -0.4 is 9.47 Å². The molecule has 0 amide bonds. The predicted octanol–water partition coefficient (Wildman–Crippen LogP) is 2.70. The summed E-state index contributed by atoms with van der Waals surface area (Å²) in [4.78, 5) is 17.3. The van der Waals surface area contributed by atoms with E-state index < -0.39 is 0 Å². The quantitative estimate of drug-likeness (QED) is 0.715. The van der Waals surface area contributed by atoms with Gasteiger partial charge in [-0.15, -0.1) is 0 Å². The highest BCUT2D eigenvalue weighted by Crippen LogP contribution is 2.27. The molecule has 1 heterocycles. The molecule has 0 atom stereocenters. The van der Waals surface area contributed by atoms with Crippen LogP contribution in [0.3, 0.4) is 0 Å². The molecular weight excluding hydrogens is 328 g/mol. The van der Waals surface area contributed by atoms with Crippen LogP contribution >= 0.6 is 0 Å². The van der Waals surface area contributed by atoms with E-state index in [9.17, 15) is 4.79 Å². The van der Waals surface area contributed by atoms with Gasteiger partial charge in [-0.25, -0.2) is 0 Å². The van der Waals surface area contributed by atoms with Gasteiger partial charge in [0, 0.05) is 38.3 Å². The number of rotatable bonds is 7. The van der Waals surface area contributed by atoms with Crippen LogP contribution in [0.2, 0.25) is 0 Å². The maximum absolute atomic E-state index is 12.6. The van der Waals surface area contributed by atoms with Crippen LogP contribution in [-0.4, -0.2) is 62.5 Å². The normalized spacial score (nSPS) is 15.6. The molecule has 2 aromatic rings.